The zero-order chi connectivity index (χ0) is 7.40. The molecule has 2 heteroatoms. The maximum absolute atomic E-state index is 5.23. The Kier molecular flexibility index (Phi) is 6.80. The summed E-state index contributed by atoms with van der Waals surface area (Å²) in [6, 6.07) is 0. The third-order valence-corrected chi connectivity index (χ3v) is 1.62. The third kappa shape index (κ3) is 4.39. The predicted octanol–water partition coefficient (Wildman–Crippen LogP) is 2.35. The minimum absolute atomic E-state index is 0. The van der Waals surface area contributed by atoms with E-state index in [1.165, 1.54) is 5.57 Å². The first-order chi connectivity index (χ1) is 4.83. The Hall–Kier alpha value is 0.804. The molecular formula is C9H14OY-2. The Morgan fingerprint density at radius 2 is 2.55 bits per heavy atom. The fraction of sp³-hybridized carbons (Fsp3) is 0.556. The monoisotopic (exact) mass is 227 g/mol. The SMILES string of the molecule is [CH2-]CCC1C=C(C)CO[CH-]1.[Y]. The molecule has 0 aromatic carbocycles. The Labute approximate surface area is 94.5 Å². The molecule has 1 unspecified atom stereocenters. The van der Waals surface area contributed by atoms with Crippen molar-refractivity contribution >= 4 is 0 Å². The van der Waals surface area contributed by atoms with Gasteiger partial charge in [0.25, 0.3) is 0 Å². The molecular weight excluding hydrogens is 213 g/mol. The van der Waals surface area contributed by atoms with Crippen molar-refractivity contribution in [2.24, 2.45) is 5.92 Å². The van der Waals surface area contributed by atoms with E-state index in [9.17, 15) is 0 Å². The van der Waals surface area contributed by atoms with Gasteiger partial charge in [-0.25, -0.2) is 6.61 Å². The number of rotatable bonds is 2. The van der Waals surface area contributed by atoms with Gasteiger partial charge in [-0.05, 0) is 6.92 Å². The van der Waals surface area contributed by atoms with Crippen LogP contribution in [-0.2, 0) is 37.4 Å². The van der Waals surface area contributed by atoms with Crippen LogP contribution in [-0.4, -0.2) is 6.61 Å². The van der Waals surface area contributed by atoms with Gasteiger partial charge in [0.15, 0.2) is 0 Å². The van der Waals surface area contributed by atoms with E-state index in [-0.39, 0.29) is 32.7 Å². The van der Waals surface area contributed by atoms with Crippen LogP contribution in [0.2, 0.25) is 0 Å². The van der Waals surface area contributed by atoms with E-state index in [2.05, 4.69) is 19.9 Å². The van der Waals surface area contributed by atoms with Crippen molar-refractivity contribution in [2.75, 3.05) is 6.61 Å². The minimum Gasteiger partial charge on any atom is -0.548 e. The van der Waals surface area contributed by atoms with Gasteiger partial charge in [-0.3, -0.25) is 0 Å². The summed E-state index contributed by atoms with van der Waals surface area (Å²) >= 11 is 0. The summed E-state index contributed by atoms with van der Waals surface area (Å²) in [6.45, 7) is 8.59. The molecule has 0 aromatic heterocycles. The van der Waals surface area contributed by atoms with Gasteiger partial charge in [0, 0.05) is 39.3 Å². The van der Waals surface area contributed by atoms with Gasteiger partial charge in [0.05, 0.1) is 0 Å². The average molecular weight is 227 g/mol. The molecule has 0 aromatic rings. The topological polar surface area (TPSA) is 9.23 Å². The fourth-order valence-corrected chi connectivity index (χ4v) is 1.14. The van der Waals surface area contributed by atoms with Crippen LogP contribution in [0.1, 0.15) is 19.8 Å². The van der Waals surface area contributed by atoms with Gasteiger partial charge in [0.1, 0.15) is 0 Å². The summed E-state index contributed by atoms with van der Waals surface area (Å²) in [5.74, 6) is 0.506. The van der Waals surface area contributed by atoms with Crippen LogP contribution in [0.25, 0.3) is 0 Å². The van der Waals surface area contributed by atoms with Gasteiger partial charge in [-0.15, -0.1) is 12.0 Å². The Morgan fingerprint density at radius 1 is 1.82 bits per heavy atom. The van der Waals surface area contributed by atoms with E-state index < -0.39 is 0 Å². The molecule has 0 fully saturated rings. The van der Waals surface area contributed by atoms with Crippen molar-refractivity contribution in [3.05, 3.63) is 25.2 Å². The van der Waals surface area contributed by atoms with Crippen LogP contribution in [0.5, 0.6) is 0 Å². The van der Waals surface area contributed by atoms with Crippen molar-refractivity contribution in [3.8, 4) is 0 Å². The molecule has 0 amide bonds. The van der Waals surface area contributed by atoms with Crippen molar-refractivity contribution in [2.45, 2.75) is 19.8 Å². The molecule has 1 rings (SSSR count). The van der Waals surface area contributed by atoms with Crippen molar-refractivity contribution in [1.29, 1.82) is 0 Å². The fourth-order valence-electron chi connectivity index (χ4n) is 1.14. The standard InChI is InChI=1S/C9H14O.Y/c1-3-4-9-5-8(2)6-10-7-9;/h5,7,9H,1,3-4,6H2,2H3;/q-2;. The third-order valence-electron chi connectivity index (χ3n) is 1.62. The van der Waals surface area contributed by atoms with Crippen LogP contribution < -0.4 is 0 Å². The molecule has 1 radical (unpaired) electrons. The minimum atomic E-state index is 0. The molecule has 0 bridgehead atoms. The second kappa shape index (κ2) is 6.33. The second-order valence-electron chi connectivity index (χ2n) is 2.77. The smallest absolute Gasteiger partial charge is 0.0330 e. The van der Waals surface area contributed by atoms with Crippen LogP contribution in [0.3, 0.4) is 0 Å². The first-order valence-electron chi connectivity index (χ1n) is 3.74. The summed E-state index contributed by atoms with van der Waals surface area (Å²) in [4.78, 5) is 0. The Balaban J connectivity index is 0.000001000. The van der Waals surface area contributed by atoms with E-state index in [0.29, 0.717) is 5.92 Å². The summed E-state index contributed by atoms with van der Waals surface area (Å²) < 4.78 is 5.23. The first-order valence-corrected chi connectivity index (χ1v) is 3.74. The second-order valence-corrected chi connectivity index (χ2v) is 2.77. The molecule has 0 saturated carbocycles. The molecule has 0 saturated heterocycles. The zero-order valence-electron chi connectivity index (χ0n) is 7.05. The largest absolute Gasteiger partial charge is 0.548 e. The summed E-state index contributed by atoms with van der Waals surface area (Å²) in [5, 5.41) is 0. The van der Waals surface area contributed by atoms with Crippen LogP contribution in [0, 0.1) is 19.4 Å². The van der Waals surface area contributed by atoms with Gasteiger partial charge in [-0.1, -0.05) is 12.0 Å². The first kappa shape index (κ1) is 11.8. The molecule has 61 valence electrons. The maximum atomic E-state index is 5.23. The average Bonchev–Trinajstić information content (AvgIpc) is 1.88. The molecule has 1 aliphatic heterocycles. The van der Waals surface area contributed by atoms with E-state index in [4.69, 9.17) is 4.74 Å². The van der Waals surface area contributed by atoms with Crippen molar-refractivity contribution in [1.82, 2.24) is 0 Å². The van der Waals surface area contributed by atoms with Crippen molar-refractivity contribution in [3.63, 3.8) is 0 Å². The molecule has 1 atom stereocenters. The van der Waals surface area contributed by atoms with Crippen LogP contribution in [0.15, 0.2) is 11.6 Å². The van der Waals surface area contributed by atoms with Gasteiger partial charge >= 0.3 is 0 Å². The number of ether oxygens (including phenoxy) is 1. The Morgan fingerprint density at radius 3 is 3.09 bits per heavy atom. The number of hydrogen-bond donors (Lipinski definition) is 0. The summed E-state index contributed by atoms with van der Waals surface area (Å²) in [5.41, 5.74) is 1.33. The molecule has 0 N–H and O–H groups in total. The normalized spacial score (nSPS) is 23.8. The van der Waals surface area contributed by atoms with E-state index >= 15 is 0 Å². The van der Waals surface area contributed by atoms with Gasteiger partial charge in [-0.2, -0.15) is 6.42 Å². The molecule has 1 aliphatic rings. The molecule has 1 heterocycles. The van der Waals surface area contributed by atoms with E-state index in [1.807, 2.05) is 6.61 Å². The molecule has 0 spiro atoms. The van der Waals surface area contributed by atoms with Crippen LogP contribution in [0.4, 0.5) is 0 Å². The zero-order valence-corrected chi connectivity index (χ0v) is 9.88. The van der Waals surface area contributed by atoms with Gasteiger partial charge < -0.3 is 11.7 Å². The number of hydrogen-bond acceptors (Lipinski definition) is 1. The molecule has 0 aliphatic carbocycles. The molecule has 1 nitrogen and oxygen atoms in total. The van der Waals surface area contributed by atoms with Crippen LogP contribution >= 0.6 is 0 Å². The Bertz CT molecular complexity index is 132. The van der Waals surface area contributed by atoms with E-state index in [1.54, 1.807) is 0 Å². The van der Waals surface area contributed by atoms with E-state index in [0.717, 1.165) is 19.4 Å². The van der Waals surface area contributed by atoms with Crippen molar-refractivity contribution < 1.29 is 37.4 Å². The summed E-state index contributed by atoms with van der Waals surface area (Å²) in [6.07, 6.45) is 4.35. The quantitative estimate of drug-likeness (QED) is 0.519. The summed E-state index contributed by atoms with van der Waals surface area (Å²) in [7, 11) is 0. The predicted molar refractivity (Wildman–Crippen MR) is 42.1 cm³/mol. The maximum Gasteiger partial charge on any atom is 0.0330 e. The molecule has 11 heavy (non-hydrogen) atoms. The van der Waals surface area contributed by atoms with Gasteiger partial charge in [0.2, 0.25) is 0 Å².